The van der Waals surface area contributed by atoms with Crippen molar-refractivity contribution >= 4 is 0 Å². The van der Waals surface area contributed by atoms with Crippen LogP contribution in [0.15, 0.2) is 0 Å². The summed E-state index contributed by atoms with van der Waals surface area (Å²) in [6, 6.07) is 0. The first-order chi connectivity index (χ1) is 8.82. The first-order valence-electron chi connectivity index (χ1n) is 7.12. The minimum atomic E-state index is -0.182. The molecule has 3 nitrogen and oxygen atoms in total. The summed E-state index contributed by atoms with van der Waals surface area (Å²) in [7, 11) is 0. The Labute approximate surface area is 116 Å². The number of rotatable bonds is 3. The topological polar surface area (TPSA) is 60.7 Å². The highest BCUT2D eigenvalue weighted by molar-refractivity contribution is 5.63. The Morgan fingerprint density at radius 3 is 1.42 bits per heavy atom. The van der Waals surface area contributed by atoms with E-state index in [9.17, 15) is 15.3 Å². The SMILES string of the molecule is CC.CCc1c(O)c(O)c(C(C)C)c(C(C)C)c1O. The van der Waals surface area contributed by atoms with Gasteiger partial charge >= 0.3 is 0 Å². The van der Waals surface area contributed by atoms with Gasteiger partial charge < -0.3 is 15.3 Å². The average Bonchev–Trinajstić information content (AvgIpc) is 2.35. The second-order valence-electron chi connectivity index (χ2n) is 5.01. The molecule has 1 rings (SSSR count). The molecule has 0 fully saturated rings. The van der Waals surface area contributed by atoms with Gasteiger partial charge in [-0.2, -0.15) is 0 Å². The van der Waals surface area contributed by atoms with E-state index >= 15 is 0 Å². The van der Waals surface area contributed by atoms with E-state index in [4.69, 9.17) is 0 Å². The van der Waals surface area contributed by atoms with Gasteiger partial charge in [0.15, 0.2) is 11.5 Å². The Balaban J connectivity index is 0.00000154. The molecule has 3 N–H and O–H groups in total. The van der Waals surface area contributed by atoms with Gasteiger partial charge in [0, 0.05) is 16.7 Å². The van der Waals surface area contributed by atoms with Gasteiger partial charge in [-0.15, -0.1) is 0 Å². The molecule has 0 unspecified atom stereocenters. The van der Waals surface area contributed by atoms with E-state index in [-0.39, 0.29) is 29.1 Å². The van der Waals surface area contributed by atoms with Gasteiger partial charge in [0.05, 0.1) is 0 Å². The maximum absolute atomic E-state index is 10.2. The fourth-order valence-electron chi connectivity index (χ4n) is 2.30. The van der Waals surface area contributed by atoms with E-state index in [2.05, 4.69) is 0 Å². The molecule has 110 valence electrons. The lowest BCUT2D eigenvalue weighted by molar-refractivity contribution is 0.379. The van der Waals surface area contributed by atoms with Gasteiger partial charge in [0.2, 0.25) is 0 Å². The highest BCUT2D eigenvalue weighted by atomic mass is 16.3. The Morgan fingerprint density at radius 1 is 0.737 bits per heavy atom. The quantitative estimate of drug-likeness (QED) is 0.553. The van der Waals surface area contributed by atoms with E-state index in [0.717, 1.165) is 5.56 Å². The minimum absolute atomic E-state index is 0.0510. The highest BCUT2D eigenvalue weighted by Gasteiger charge is 2.25. The number of hydrogen-bond acceptors (Lipinski definition) is 3. The van der Waals surface area contributed by atoms with Crippen LogP contribution in [0.4, 0.5) is 0 Å². The summed E-state index contributed by atoms with van der Waals surface area (Å²) in [6.45, 7) is 13.7. The van der Waals surface area contributed by atoms with Gasteiger partial charge in [-0.3, -0.25) is 0 Å². The van der Waals surface area contributed by atoms with Crippen LogP contribution in [0, 0.1) is 0 Å². The lowest BCUT2D eigenvalue weighted by atomic mass is 9.86. The van der Waals surface area contributed by atoms with Crippen LogP contribution in [0.2, 0.25) is 0 Å². The van der Waals surface area contributed by atoms with Crippen LogP contribution in [0.1, 0.15) is 77.0 Å². The molecule has 0 amide bonds. The van der Waals surface area contributed by atoms with Crippen molar-refractivity contribution in [3.8, 4) is 17.2 Å². The highest BCUT2D eigenvalue weighted by Crippen LogP contribution is 2.47. The Morgan fingerprint density at radius 2 is 1.11 bits per heavy atom. The van der Waals surface area contributed by atoms with E-state index in [0.29, 0.717) is 17.5 Å². The van der Waals surface area contributed by atoms with Crippen molar-refractivity contribution in [1.82, 2.24) is 0 Å². The van der Waals surface area contributed by atoms with Crippen LogP contribution < -0.4 is 0 Å². The summed E-state index contributed by atoms with van der Waals surface area (Å²) in [6.07, 6.45) is 0.489. The lowest BCUT2D eigenvalue weighted by Gasteiger charge is -2.22. The minimum Gasteiger partial charge on any atom is -0.507 e. The molecule has 0 aromatic heterocycles. The normalized spacial score (nSPS) is 10.6. The maximum atomic E-state index is 10.2. The van der Waals surface area contributed by atoms with Crippen molar-refractivity contribution in [3.63, 3.8) is 0 Å². The van der Waals surface area contributed by atoms with Crippen molar-refractivity contribution in [3.05, 3.63) is 16.7 Å². The third-order valence-electron chi connectivity index (χ3n) is 3.10. The molecule has 1 aromatic carbocycles. The lowest BCUT2D eigenvalue weighted by Crippen LogP contribution is -2.03. The molecule has 0 radical (unpaired) electrons. The van der Waals surface area contributed by atoms with Crippen molar-refractivity contribution in [2.24, 2.45) is 0 Å². The molecule has 0 saturated carbocycles. The molecule has 3 heteroatoms. The molecular formula is C16H28O3. The third kappa shape index (κ3) is 3.34. The summed E-state index contributed by atoms with van der Waals surface area (Å²) in [5, 5.41) is 30.2. The zero-order valence-corrected chi connectivity index (χ0v) is 13.2. The Bertz CT molecular complexity index is 421. The number of phenols is 3. The average molecular weight is 268 g/mol. The fraction of sp³-hybridized carbons (Fsp3) is 0.625. The van der Waals surface area contributed by atoms with E-state index < -0.39 is 0 Å². The molecule has 19 heavy (non-hydrogen) atoms. The van der Waals surface area contributed by atoms with Crippen LogP contribution in [0.3, 0.4) is 0 Å². The Kier molecular flexibility index (Phi) is 6.74. The number of hydrogen-bond donors (Lipinski definition) is 3. The predicted octanol–water partition coefficient (Wildman–Crippen LogP) is 4.64. The van der Waals surface area contributed by atoms with Crippen molar-refractivity contribution in [1.29, 1.82) is 0 Å². The van der Waals surface area contributed by atoms with Crippen LogP contribution >= 0.6 is 0 Å². The molecular weight excluding hydrogens is 240 g/mol. The largest absolute Gasteiger partial charge is 0.507 e. The maximum Gasteiger partial charge on any atom is 0.164 e. The van der Waals surface area contributed by atoms with Gasteiger partial charge in [0.25, 0.3) is 0 Å². The zero-order valence-electron chi connectivity index (χ0n) is 13.2. The summed E-state index contributed by atoms with van der Waals surface area (Å²) in [5.41, 5.74) is 1.81. The van der Waals surface area contributed by atoms with Crippen LogP contribution in [0.25, 0.3) is 0 Å². The van der Waals surface area contributed by atoms with Gasteiger partial charge in [-0.1, -0.05) is 48.5 Å². The van der Waals surface area contributed by atoms with Gasteiger partial charge in [0.1, 0.15) is 5.75 Å². The van der Waals surface area contributed by atoms with Crippen molar-refractivity contribution in [2.45, 2.75) is 66.7 Å². The van der Waals surface area contributed by atoms with Gasteiger partial charge in [-0.25, -0.2) is 0 Å². The first kappa shape index (κ1) is 17.6. The van der Waals surface area contributed by atoms with Crippen LogP contribution in [-0.2, 0) is 6.42 Å². The van der Waals surface area contributed by atoms with Crippen molar-refractivity contribution in [2.75, 3.05) is 0 Å². The first-order valence-corrected chi connectivity index (χ1v) is 7.12. The molecule has 1 aromatic rings. The molecule has 0 atom stereocenters. The standard InChI is InChI=1S/C14H22O3.C2H6/c1-6-9-12(15)10(7(2)3)11(8(4)5)14(17)13(9)16;1-2/h7-8,15-17H,6H2,1-5H3;1-2H3. The molecule has 0 aliphatic rings. The number of benzene rings is 1. The van der Waals surface area contributed by atoms with Gasteiger partial charge in [-0.05, 0) is 18.3 Å². The van der Waals surface area contributed by atoms with E-state index in [1.54, 1.807) is 0 Å². The molecule has 0 heterocycles. The summed E-state index contributed by atoms with van der Waals surface area (Å²) in [4.78, 5) is 0. The predicted molar refractivity (Wildman–Crippen MR) is 80.3 cm³/mol. The van der Waals surface area contributed by atoms with Crippen LogP contribution in [0.5, 0.6) is 17.2 Å². The fourth-order valence-corrected chi connectivity index (χ4v) is 2.30. The molecule has 0 aliphatic carbocycles. The second-order valence-corrected chi connectivity index (χ2v) is 5.01. The molecule has 0 spiro atoms. The van der Waals surface area contributed by atoms with Crippen molar-refractivity contribution < 1.29 is 15.3 Å². The monoisotopic (exact) mass is 268 g/mol. The molecule has 0 bridgehead atoms. The third-order valence-corrected chi connectivity index (χ3v) is 3.10. The summed E-state index contributed by atoms with van der Waals surface area (Å²) >= 11 is 0. The summed E-state index contributed by atoms with van der Waals surface area (Å²) < 4.78 is 0. The zero-order chi connectivity index (χ0) is 15.3. The van der Waals surface area contributed by atoms with E-state index in [1.807, 2.05) is 48.5 Å². The molecule has 0 saturated heterocycles. The van der Waals surface area contributed by atoms with E-state index in [1.165, 1.54) is 0 Å². The van der Waals surface area contributed by atoms with Crippen LogP contribution in [-0.4, -0.2) is 15.3 Å². The summed E-state index contributed by atoms with van der Waals surface area (Å²) in [5.74, 6) is 0.0113. The number of aromatic hydroxyl groups is 3. The number of phenolic OH excluding ortho intramolecular Hbond substituents is 3. The smallest absolute Gasteiger partial charge is 0.164 e. The molecule has 0 aliphatic heterocycles. The second kappa shape index (κ2) is 7.27. The Hall–Kier alpha value is -1.38.